The second-order valence-corrected chi connectivity index (χ2v) is 7.74. The molecule has 1 atom stereocenters. The molecule has 1 fully saturated rings. The molecule has 0 aromatic heterocycles. The highest BCUT2D eigenvalue weighted by atomic mass is 35.5. The van der Waals surface area contributed by atoms with Crippen molar-refractivity contribution in [3.05, 3.63) is 23.2 Å². The van der Waals surface area contributed by atoms with Gasteiger partial charge in [0, 0.05) is 18.3 Å². The maximum absolute atomic E-state index is 11.9. The highest BCUT2D eigenvalue weighted by Gasteiger charge is 2.29. The van der Waals surface area contributed by atoms with Gasteiger partial charge in [-0.1, -0.05) is 18.5 Å². The Bertz CT molecular complexity index is 663. The average molecular weight is 346 g/mol. The highest BCUT2D eigenvalue weighted by molar-refractivity contribution is 7.93. The Morgan fingerprint density at radius 2 is 2.18 bits per heavy atom. The van der Waals surface area contributed by atoms with E-state index in [1.807, 2.05) is 13.8 Å². The molecule has 22 heavy (non-hydrogen) atoms. The van der Waals surface area contributed by atoms with Gasteiger partial charge in [-0.05, 0) is 38.0 Å². The van der Waals surface area contributed by atoms with Crippen LogP contribution in [0.4, 0.5) is 16.2 Å². The molecule has 0 radical (unpaired) electrons. The first-order valence-corrected chi connectivity index (χ1v) is 9.19. The zero-order valence-corrected chi connectivity index (χ0v) is 14.2. The number of hydrogen-bond donors (Lipinski definition) is 2. The molecule has 1 aromatic carbocycles. The van der Waals surface area contributed by atoms with Gasteiger partial charge in [-0.3, -0.25) is 4.31 Å². The van der Waals surface area contributed by atoms with Gasteiger partial charge in [0.25, 0.3) is 0 Å². The number of rotatable bonds is 4. The summed E-state index contributed by atoms with van der Waals surface area (Å²) in [6.45, 7) is 4.32. The normalized spacial score (nSPS) is 18.0. The summed E-state index contributed by atoms with van der Waals surface area (Å²) >= 11 is 6.18. The minimum absolute atomic E-state index is 0.0736. The van der Waals surface area contributed by atoms with Crippen molar-refractivity contribution in [3.63, 3.8) is 0 Å². The van der Waals surface area contributed by atoms with E-state index in [2.05, 4.69) is 10.6 Å². The predicted octanol–water partition coefficient (Wildman–Crippen LogP) is 2.80. The first-order valence-electron chi connectivity index (χ1n) is 7.21. The molecular formula is C14H20ClN3O3S. The van der Waals surface area contributed by atoms with E-state index in [0.29, 0.717) is 29.4 Å². The van der Waals surface area contributed by atoms with Crippen LogP contribution in [0.3, 0.4) is 0 Å². The third-order valence-corrected chi connectivity index (χ3v) is 5.72. The standard InChI is InChI=1S/C14H20ClN3O3S/c1-3-10(2)16-14(19)17-11-5-6-13(12(15)9-11)18-7-4-8-22(18,20)21/h5-6,9-10H,3-4,7-8H2,1-2H3,(H2,16,17,19). The molecule has 1 aromatic rings. The number of carbonyl (C=O) groups excluding carboxylic acids is 1. The zero-order valence-electron chi connectivity index (χ0n) is 12.6. The van der Waals surface area contributed by atoms with Crippen LogP contribution < -0.4 is 14.9 Å². The Morgan fingerprint density at radius 3 is 2.73 bits per heavy atom. The van der Waals surface area contributed by atoms with Crippen molar-refractivity contribution < 1.29 is 13.2 Å². The summed E-state index contributed by atoms with van der Waals surface area (Å²) in [6, 6.07) is 4.58. The smallest absolute Gasteiger partial charge is 0.319 e. The maximum atomic E-state index is 11.9. The molecule has 6 nitrogen and oxygen atoms in total. The third-order valence-electron chi connectivity index (χ3n) is 3.56. The largest absolute Gasteiger partial charge is 0.335 e. The summed E-state index contributed by atoms with van der Waals surface area (Å²) < 4.78 is 25.2. The van der Waals surface area contributed by atoms with E-state index < -0.39 is 10.0 Å². The number of nitrogens with zero attached hydrogens (tertiary/aromatic N) is 1. The van der Waals surface area contributed by atoms with Gasteiger partial charge >= 0.3 is 6.03 Å². The second kappa shape index (κ2) is 6.75. The molecule has 2 N–H and O–H groups in total. The van der Waals surface area contributed by atoms with Crippen LogP contribution in [0.5, 0.6) is 0 Å². The summed E-state index contributed by atoms with van der Waals surface area (Å²) in [5.41, 5.74) is 0.971. The lowest BCUT2D eigenvalue weighted by Crippen LogP contribution is -2.35. The van der Waals surface area contributed by atoms with Crippen molar-refractivity contribution in [2.75, 3.05) is 21.9 Å². The molecule has 0 saturated carbocycles. The van der Waals surface area contributed by atoms with E-state index >= 15 is 0 Å². The number of benzene rings is 1. The molecule has 1 aliphatic rings. The number of amides is 2. The summed E-state index contributed by atoms with van der Waals surface area (Å²) in [5, 5.41) is 5.76. The molecular weight excluding hydrogens is 326 g/mol. The lowest BCUT2D eigenvalue weighted by molar-refractivity contribution is 0.249. The molecule has 1 heterocycles. The number of urea groups is 1. The SMILES string of the molecule is CCC(C)NC(=O)Nc1ccc(N2CCCS2(=O)=O)c(Cl)c1. The highest BCUT2D eigenvalue weighted by Crippen LogP contribution is 2.33. The topological polar surface area (TPSA) is 78.5 Å². The number of anilines is 2. The van der Waals surface area contributed by atoms with E-state index in [0.717, 1.165) is 6.42 Å². The maximum Gasteiger partial charge on any atom is 0.319 e. The van der Waals surface area contributed by atoms with Crippen LogP contribution in [0.2, 0.25) is 5.02 Å². The van der Waals surface area contributed by atoms with Crippen LogP contribution in [-0.2, 0) is 10.0 Å². The first kappa shape index (κ1) is 16.9. The molecule has 1 saturated heterocycles. The second-order valence-electron chi connectivity index (χ2n) is 5.32. The number of carbonyl (C=O) groups is 1. The van der Waals surface area contributed by atoms with Gasteiger partial charge in [-0.15, -0.1) is 0 Å². The Kier molecular flexibility index (Phi) is 5.18. The number of hydrogen-bond acceptors (Lipinski definition) is 3. The molecule has 122 valence electrons. The van der Waals surface area contributed by atoms with Crippen molar-refractivity contribution in [1.29, 1.82) is 0 Å². The van der Waals surface area contributed by atoms with Crippen LogP contribution in [-0.4, -0.2) is 32.8 Å². The summed E-state index contributed by atoms with van der Waals surface area (Å²) in [6.07, 6.45) is 1.43. The monoisotopic (exact) mass is 345 g/mol. The lowest BCUT2D eigenvalue weighted by atomic mass is 10.2. The van der Waals surface area contributed by atoms with Gasteiger partial charge in [0.1, 0.15) is 0 Å². The average Bonchev–Trinajstić information content (AvgIpc) is 2.78. The molecule has 1 aliphatic heterocycles. The van der Waals surface area contributed by atoms with Crippen molar-refractivity contribution in [2.45, 2.75) is 32.7 Å². The minimum Gasteiger partial charge on any atom is -0.335 e. The van der Waals surface area contributed by atoms with Gasteiger partial charge < -0.3 is 10.6 Å². The third kappa shape index (κ3) is 3.84. The fraction of sp³-hybridized carbons (Fsp3) is 0.500. The quantitative estimate of drug-likeness (QED) is 0.880. The number of nitrogens with one attached hydrogen (secondary N) is 2. The molecule has 0 aliphatic carbocycles. The van der Waals surface area contributed by atoms with Crippen LogP contribution in [0.25, 0.3) is 0 Å². The van der Waals surface area contributed by atoms with Crippen molar-refractivity contribution >= 4 is 39.0 Å². The Hall–Kier alpha value is -1.47. The van der Waals surface area contributed by atoms with Gasteiger partial charge in [-0.25, -0.2) is 13.2 Å². The Balaban J connectivity index is 2.12. The molecule has 2 amide bonds. The number of sulfonamides is 1. The fourth-order valence-corrected chi connectivity index (χ4v) is 4.10. The fourth-order valence-electron chi connectivity index (χ4n) is 2.19. The van der Waals surface area contributed by atoms with Gasteiger partial charge in [-0.2, -0.15) is 0 Å². The van der Waals surface area contributed by atoms with Gasteiger partial charge in [0.05, 0.1) is 16.5 Å². The van der Waals surface area contributed by atoms with Crippen molar-refractivity contribution in [1.82, 2.24) is 5.32 Å². The first-order chi connectivity index (χ1) is 10.3. The van der Waals surface area contributed by atoms with Crippen LogP contribution in [0.15, 0.2) is 18.2 Å². The van der Waals surface area contributed by atoms with Gasteiger partial charge in [0.15, 0.2) is 0 Å². The molecule has 2 rings (SSSR count). The van der Waals surface area contributed by atoms with E-state index in [4.69, 9.17) is 11.6 Å². The number of halogens is 1. The van der Waals surface area contributed by atoms with E-state index in [9.17, 15) is 13.2 Å². The predicted molar refractivity (Wildman–Crippen MR) is 89.1 cm³/mol. The van der Waals surface area contributed by atoms with E-state index in [-0.39, 0.29) is 17.8 Å². The Labute approximate surface area is 135 Å². The van der Waals surface area contributed by atoms with Crippen LogP contribution >= 0.6 is 11.6 Å². The van der Waals surface area contributed by atoms with Gasteiger partial charge in [0.2, 0.25) is 10.0 Å². The zero-order chi connectivity index (χ0) is 16.3. The van der Waals surface area contributed by atoms with E-state index in [1.54, 1.807) is 18.2 Å². The summed E-state index contributed by atoms with van der Waals surface area (Å²) in [4.78, 5) is 11.8. The van der Waals surface area contributed by atoms with Crippen molar-refractivity contribution in [2.24, 2.45) is 0 Å². The molecule has 8 heteroatoms. The lowest BCUT2D eigenvalue weighted by Gasteiger charge is -2.19. The summed E-state index contributed by atoms with van der Waals surface area (Å²) in [7, 11) is -3.27. The van der Waals surface area contributed by atoms with Crippen LogP contribution in [0, 0.1) is 0 Å². The molecule has 0 bridgehead atoms. The minimum atomic E-state index is -3.27. The van der Waals surface area contributed by atoms with Crippen LogP contribution in [0.1, 0.15) is 26.7 Å². The Morgan fingerprint density at radius 1 is 1.45 bits per heavy atom. The van der Waals surface area contributed by atoms with Crippen molar-refractivity contribution in [3.8, 4) is 0 Å². The summed E-state index contributed by atoms with van der Waals surface area (Å²) in [5.74, 6) is 0.140. The van der Waals surface area contributed by atoms with E-state index in [1.165, 1.54) is 4.31 Å². The molecule has 1 unspecified atom stereocenters. The molecule has 0 spiro atoms.